The lowest BCUT2D eigenvalue weighted by atomic mass is 10.0. The molecule has 98 valence electrons. The van der Waals surface area contributed by atoms with Crippen molar-refractivity contribution in [3.63, 3.8) is 0 Å². The molecule has 1 fully saturated rings. The second-order valence-corrected chi connectivity index (χ2v) is 4.47. The van der Waals surface area contributed by atoms with Crippen LogP contribution < -0.4 is 10.6 Å². The van der Waals surface area contributed by atoms with Crippen molar-refractivity contribution < 1.29 is 4.79 Å². The zero-order valence-electron chi connectivity index (χ0n) is 11.3. The molecule has 4 heteroatoms. The van der Waals surface area contributed by atoms with Crippen molar-refractivity contribution >= 4 is 5.91 Å². The van der Waals surface area contributed by atoms with Gasteiger partial charge in [0.1, 0.15) is 0 Å². The van der Waals surface area contributed by atoms with Crippen LogP contribution in [-0.2, 0) is 4.79 Å². The Balaban J connectivity index is 2.16. The van der Waals surface area contributed by atoms with Crippen molar-refractivity contribution in [2.24, 2.45) is 0 Å². The molecular weight excluding hydrogens is 214 g/mol. The van der Waals surface area contributed by atoms with Crippen molar-refractivity contribution in [3.05, 3.63) is 11.1 Å². The summed E-state index contributed by atoms with van der Waals surface area (Å²) in [5.74, 6) is 0.0982. The second kappa shape index (κ2) is 7.45. The molecule has 0 atom stereocenters. The normalized spacial score (nSPS) is 14.7. The molecule has 0 spiro atoms. The summed E-state index contributed by atoms with van der Waals surface area (Å²) in [6.07, 6.45) is 1.02. The predicted molar refractivity (Wildman–Crippen MR) is 71.0 cm³/mol. The highest BCUT2D eigenvalue weighted by Crippen LogP contribution is 2.08. The highest BCUT2D eigenvalue weighted by Gasteiger charge is 2.15. The summed E-state index contributed by atoms with van der Waals surface area (Å²) in [6.45, 7) is 12.0. The van der Waals surface area contributed by atoms with E-state index < -0.39 is 0 Å². The standard InChI is InChI=1S/C13H25N3O/c1-4-16(5-2)8-6-7-15-13(17)11(3)12-9-14-10-12/h14H,4-10H2,1-3H3,(H,15,17). The van der Waals surface area contributed by atoms with Crippen molar-refractivity contribution in [1.82, 2.24) is 15.5 Å². The van der Waals surface area contributed by atoms with Gasteiger partial charge in [-0.1, -0.05) is 13.8 Å². The number of nitrogens with zero attached hydrogens (tertiary/aromatic N) is 1. The van der Waals surface area contributed by atoms with Crippen molar-refractivity contribution in [2.75, 3.05) is 39.3 Å². The molecule has 17 heavy (non-hydrogen) atoms. The van der Waals surface area contributed by atoms with Gasteiger partial charge >= 0.3 is 0 Å². The SMILES string of the molecule is CCN(CC)CCCNC(=O)C(C)=C1CNC1. The second-order valence-electron chi connectivity index (χ2n) is 4.47. The van der Waals surface area contributed by atoms with Crippen molar-refractivity contribution in [1.29, 1.82) is 0 Å². The fraction of sp³-hybridized carbons (Fsp3) is 0.769. The van der Waals surface area contributed by atoms with Crippen LogP contribution in [0.2, 0.25) is 0 Å². The van der Waals surface area contributed by atoms with E-state index in [1.54, 1.807) is 0 Å². The van der Waals surface area contributed by atoms with E-state index in [9.17, 15) is 4.79 Å². The van der Waals surface area contributed by atoms with Crippen LogP contribution >= 0.6 is 0 Å². The van der Waals surface area contributed by atoms with Gasteiger partial charge in [0.25, 0.3) is 0 Å². The average Bonchev–Trinajstić information content (AvgIpc) is 2.26. The maximum atomic E-state index is 11.8. The first-order chi connectivity index (χ1) is 8.19. The summed E-state index contributed by atoms with van der Waals surface area (Å²) in [5, 5.41) is 6.13. The molecule has 1 rings (SSSR count). The van der Waals surface area contributed by atoms with Crippen LogP contribution in [0.1, 0.15) is 27.2 Å². The van der Waals surface area contributed by atoms with E-state index in [1.807, 2.05) is 6.92 Å². The molecule has 1 aliphatic heterocycles. The van der Waals surface area contributed by atoms with E-state index in [-0.39, 0.29) is 5.91 Å². The molecule has 0 aromatic carbocycles. The molecule has 1 amide bonds. The zero-order chi connectivity index (χ0) is 12.7. The third kappa shape index (κ3) is 4.48. The third-order valence-electron chi connectivity index (χ3n) is 3.38. The molecule has 0 radical (unpaired) electrons. The van der Waals surface area contributed by atoms with Gasteiger partial charge in [0.05, 0.1) is 0 Å². The lowest BCUT2D eigenvalue weighted by Gasteiger charge is -2.22. The topological polar surface area (TPSA) is 44.4 Å². The number of hydrogen-bond acceptors (Lipinski definition) is 3. The van der Waals surface area contributed by atoms with Crippen LogP contribution in [0.5, 0.6) is 0 Å². The van der Waals surface area contributed by atoms with E-state index >= 15 is 0 Å². The Labute approximate surface area is 104 Å². The first-order valence-electron chi connectivity index (χ1n) is 6.58. The van der Waals surface area contributed by atoms with Gasteiger partial charge in [0.15, 0.2) is 0 Å². The molecule has 0 aromatic heterocycles. The van der Waals surface area contributed by atoms with Crippen LogP contribution in [0.3, 0.4) is 0 Å². The molecule has 1 heterocycles. The van der Waals surface area contributed by atoms with Gasteiger partial charge in [0, 0.05) is 25.2 Å². The summed E-state index contributed by atoms with van der Waals surface area (Å²) in [5.41, 5.74) is 2.14. The summed E-state index contributed by atoms with van der Waals surface area (Å²) >= 11 is 0. The molecule has 0 saturated carbocycles. The highest BCUT2D eigenvalue weighted by atomic mass is 16.1. The molecule has 2 N–H and O–H groups in total. The summed E-state index contributed by atoms with van der Waals surface area (Å²) in [4.78, 5) is 14.1. The van der Waals surface area contributed by atoms with E-state index in [0.29, 0.717) is 0 Å². The first kappa shape index (κ1) is 14.2. The largest absolute Gasteiger partial charge is 0.352 e. The number of hydrogen-bond donors (Lipinski definition) is 2. The number of rotatable bonds is 7. The number of carbonyl (C=O) groups is 1. The van der Waals surface area contributed by atoms with Crippen LogP contribution in [0.4, 0.5) is 0 Å². The van der Waals surface area contributed by atoms with Crippen molar-refractivity contribution in [2.45, 2.75) is 27.2 Å². The minimum absolute atomic E-state index is 0.0982. The van der Waals surface area contributed by atoms with Crippen LogP contribution in [-0.4, -0.2) is 50.1 Å². The lowest BCUT2D eigenvalue weighted by molar-refractivity contribution is -0.117. The minimum Gasteiger partial charge on any atom is -0.352 e. The van der Waals surface area contributed by atoms with Crippen molar-refractivity contribution in [3.8, 4) is 0 Å². The predicted octanol–water partition coefficient (Wildman–Crippen LogP) is 0.754. The maximum absolute atomic E-state index is 11.8. The monoisotopic (exact) mass is 239 g/mol. The van der Waals surface area contributed by atoms with Gasteiger partial charge in [0.2, 0.25) is 5.91 Å². The molecule has 0 unspecified atom stereocenters. The van der Waals surface area contributed by atoms with Crippen LogP contribution in [0.15, 0.2) is 11.1 Å². The van der Waals surface area contributed by atoms with Gasteiger partial charge in [-0.05, 0) is 38.6 Å². The van der Waals surface area contributed by atoms with Gasteiger partial charge < -0.3 is 15.5 Å². The number of amides is 1. The smallest absolute Gasteiger partial charge is 0.246 e. The molecule has 1 aliphatic rings. The Hall–Kier alpha value is -0.870. The molecule has 4 nitrogen and oxygen atoms in total. The van der Waals surface area contributed by atoms with E-state index in [0.717, 1.165) is 51.3 Å². The van der Waals surface area contributed by atoms with E-state index in [2.05, 4.69) is 29.4 Å². The zero-order valence-corrected chi connectivity index (χ0v) is 11.3. The molecular formula is C13H25N3O. The lowest BCUT2D eigenvalue weighted by Crippen LogP contribution is -2.38. The van der Waals surface area contributed by atoms with Gasteiger partial charge in [-0.2, -0.15) is 0 Å². The summed E-state index contributed by atoms with van der Waals surface area (Å²) in [7, 11) is 0. The average molecular weight is 239 g/mol. The Bertz CT molecular complexity index is 276. The summed E-state index contributed by atoms with van der Waals surface area (Å²) in [6, 6.07) is 0. The minimum atomic E-state index is 0.0982. The van der Waals surface area contributed by atoms with E-state index in [4.69, 9.17) is 0 Å². The fourth-order valence-corrected chi connectivity index (χ4v) is 1.85. The highest BCUT2D eigenvalue weighted by molar-refractivity contribution is 5.93. The Morgan fingerprint density at radius 1 is 1.35 bits per heavy atom. The van der Waals surface area contributed by atoms with Gasteiger partial charge in [-0.25, -0.2) is 0 Å². The van der Waals surface area contributed by atoms with Gasteiger partial charge in [-0.15, -0.1) is 0 Å². The molecule has 0 bridgehead atoms. The molecule has 0 aromatic rings. The molecule has 0 aliphatic carbocycles. The van der Waals surface area contributed by atoms with Crippen LogP contribution in [0.25, 0.3) is 0 Å². The summed E-state index contributed by atoms with van der Waals surface area (Å²) < 4.78 is 0. The number of nitrogens with one attached hydrogen (secondary N) is 2. The Kier molecular flexibility index (Phi) is 6.22. The first-order valence-corrected chi connectivity index (χ1v) is 6.58. The number of carbonyl (C=O) groups excluding carboxylic acids is 1. The van der Waals surface area contributed by atoms with Gasteiger partial charge in [-0.3, -0.25) is 4.79 Å². The van der Waals surface area contributed by atoms with E-state index in [1.165, 1.54) is 5.57 Å². The third-order valence-corrected chi connectivity index (χ3v) is 3.38. The van der Waals surface area contributed by atoms with Crippen LogP contribution in [0, 0.1) is 0 Å². The fourth-order valence-electron chi connectivity index (χ4n) is 1.85. The Morgan fingerprint density at radius 3 is 2.47 bits per heavy atom. The quantitative estimate of drug-likeness (QED) is 0.509. The molecule has 1 saturated heterocycles. The Morgan fingerprint density at radius 2 is 2.00 bits per heavy atom. The maximum Gasteiger partial charge on any atom is 0.246 e.